The first-order valence-corrected chi connectivity index (χ1v) is 8.30. The van der Waals surface area contributed by atoms with Crippen LogP contribution in [-0.4, -0.2) is 34.9 Å². The van der Waals surface area contributed by atoms with E-state index in [2.05, 4.69) is 5.32 Å². The molecular weight excluding hydrogens is 410 g/mol. The van der Waals surface area contributed by atoms with Crippen LogP contribution in [0.1, 0.15) is 17.3 Å². The van der Waals surface area contributed by atoms with E-state index in [1.807, 2.05) is 0 Å². The largest absolute Gasteiger partial charge is 0.495 e. The second-order valence-electron chi connectivity index (χ2n) is 5.60. The van der Waals surface area contributed by atoms with Gasteiger partial charge < -0.3 is 14.8 Å². The maximum atomic E-state index is 12.3. The van der Waals surface area contributed by atoms with E-state index in [9.17, 15) is 29.8 Å². The van der Waals surface area contributed by atoms with E-state index in [-0.39, 0.29) is 22.1 Å². The number of halogens is 1. The van der Waals surface area contributed by atoms with E-state index in [4.69, 9.17) is 21.1 Å². The van der Waals surface area contributed by atoms with Gasteiger partial charge in [-0.1, -0.05) is 11.6 Å². The molecular formula is C17H14ClN3O8. The summed E-state index contributed by atoms with van der Waals surface area (Å²) in [5.41, 5.74) is -1.26. The quantitative estimate of drug-likeness (QED) is 0.404. The Morgan fingerprint density at radius 1 is 1.10 bits per heavy atom. The summed E-state index contributed by atoms with van der Waals surface area (Å²) in [6.07, 6.45) is -1.38. The van der Waals surface area contributed by atoms with Gasteiger partial charge in [0.05, 0.1) is 22.6 Å². The van der Waals surface area contributed by atoms with Crippen LogP contribution in [0.15, 0.2) is 36.4 Å². The molecule has 29 heavy (non-hydrogen) atoms. The highest BCUT2D eigenvalue weighted by Crippen LogP contribution is 2.29. The fraction of sp³-hybridized carbons (Fsp3) is 0.176. The summed E-state index contributed by atoms with van der Waals surface area (Å²) >= 11 is 5.77. The summed E-state index contributed by atoms with van der Waals surface area (Å²) in [5, 5.41) is 24.4. The summed E-state index contributed by atoms with van der Waals surface area (Å²) in [5.74, 6) is -1.82. The molecule has 0 aliphatic rings. The summed E-state index contributed by atoms with van der Waals surface area (Å²) in [7, 11) is 1.30. The van der Waals surface area contributed by atoms with Crippen molar-refractivity contribution in [2.75, 3.05) is 12.4 Å². The van der Waals surface area contributed by atoms with E-state index in [1.165, 1.54) is 32.2 Å². The molecule has 1 N–H and O–H groups in total. The lowest BCUT2D eigenvalue weighted by Crippen LogP contribution is -2.30. The number of benzene rings is 2. The Kier molecular flexibility index (Phi) is 6.67. The third-order valence-electron chi connectivity index (χ3n) is 3.68. The molecule has 11 nitrogen and oxygen atoms in total. The lowest BCUT2D eigenvalue weighted by molar-refractivity contribution is -0.385. The number of ether oxygens (including phenoxy) is 2. The van der Waals surface area contributed by atoms with Crippen LogP contribution >= 0.6 is 11.6 Å². The molecule has 0 fully saturated rings. The van der Waals surface area contributed by atoms with Crippen molar-refractivity contribution in [2.24, 2.45) is 0 Å². The van der Waals surface area contributed by atoms with Gasteiger partial charge in [0.1, 0.15) is 11.3 Å². The van der Waals surface area contributed by atoms with Crippen LogP contribution in [0.25, 0.3) is 0 Å². The van der Waals surface area contributed by atoms with Gasteiger partial charge in [-0.25, -0.2) is 4.79 Å². The maximum absolute atomic E-state index is 12.3. The van der Waals surface area contributed by atoms with Crippen molar-refractivity contribution in [1.82, 2.24) is 0 Å². The average molecular weight is 424 g/mol. The Morgan fingerprint density at radius 2 is 1.79 bits per heavy atom. The van der Waals surface area contributed by atoms with Crippen molar-refractivity contribution in [3.05, 3.63) is 67.2 Å². The van der Waals surface area contributed by atoms with E-state index in [0.717, 1.165) is 18.2 Å². The SMILES string of the molecule is COc1ccc([N+](=O)[O-])cc1NC(=O)[C@H](C)OC(=O)c1cc(Cl)ccc1[N+](=O)[O-]. The molecule has 0 aliphatic carbocycles. The number of nitro benzene ring substituents is 2. The molecule has 1 amide bonds. The third-order valence-corrected chi connectivity index (χ3v) is 3.92. The van der Waals surface area contributed by atoms with Crippen LogP contribution in [-0.2, 0) is 9.53 Å². The highest BCUT2D eigenvalue weighted by Gasteiger charge is 2.26. The molecule has 0 aromatic heterocycles. The number of anilines is 1. The number of amides is 1. The predicted octanol–water partition coefficient (Wildman–Crippen LogP) is 3.35. The lowest BCUT2D eigenvalue weighted by Gasteiger charge is -2.15. The number of rotatable bonds is 7. The van der Waals surface area contributed by atoms with Crippen molar-refractivity contribution in [3.63, 3.8) is 0 Å². The van der Waals surface area contributed by atoms with Crippen molar-refractivity contribution < 1.29 is 28.9 Å². The number of hydrogen-bond donors (Lipinski definition) is 1. The molecule has 0 bridgehead atoms. The topological polar surface area (TPSA) is 151 Å². The first-order chi connectivity index (χ1) is 13.6. The molecule has 0 spiro atoms. The molecule has 0 heterocycles. The molecule has 1 atom stereocenters. The number of esters is 1. The normalized spacial score (nSPS) is 11.3. The number of carbonyl (C=O) groups excluding carboxylic acids is 2. The maximum Gasteiger partial charge on any atom is 0.345 e. The Balaban J connectivity index is 2.19. The number of nitro groups is 2. The van der Waals surface area contributed by atoms with Crippen molar-refractivity contribution in [2.45, 2.75) is 13.0 Å². The van der Waals surface area contributed by atoms with E-state index < -0.39 is 39.1 Å². The summed E-state index contributed by atoms with van der Waals surface area (Å²) in [6, 6.07) is 6.89. The van der Waals surface area contributed by atoms with Gasteiger partial charge in [0, 0.05) is 23.2 Å². The lowest BCUT2D eigenvalue weighted by atomic mass is 10.2. The van der Waals surface area contributed by atoms with Crippen molar-refractivity contribution in [3.8, 4) is 5.75 Å². The van der Waals surface area contributed by atoms with Crippen LogP contribution in [0.3, 0.4) is 0 Å². The number of nitrogens with zero attached hydrogens (tertiary/aromatic N) is 2. The van der Waals surface area contributed by atoms with Crippen molar-refractivity contribution in [1.29, 1.82) is 0 Å². The highest BCUT2D eigenvalue weighted by atomic mass is 35.5. The third kappa shape index (κ3) is 5.17. The molecule has 12 heteroatoms. The Morgan fingerprint density at radius 3 is 2.38 bits per heavy atom. The fourth-order valence-corrected chi connectivity index (χ4v) is 2.42. The smallest absolute Gasteiger partial charge is 0.345 e. The van der Waals surface area contributed by atoms with E-state index in [0.29, 0.717) is 0 Å². The zero-order valence-electron chi connectivity index (χ0n) is 15.1. The Hall–Kier alpha value is -3.73. The van der Waals surface area contributed by atoms with Gasteiger partial charge in [0.15, 0.2) is 6.10 Å². The standard InChI is InChI=1S/C17H14ClN3O8/c1-9(29-17(23)12-7-10(18)3-5-14(12)21(26)27)16(22)19-13-8-11(20(24)25)4-6-15(13)28-2/h3-9H,1-2H3,(H,19,22)/t9-/m0/s1. The molecule has 0 saturated carbocycles. The minimum atomic E-state index is -1.38. The minimum absolute atomic E-state index is 0.0108. The number of nitrogens with one attached hydrogen (secondary N) is 1. The average Bonchev–Trinajstić information content (AvgIpc) is 2.67. The number of hydrogen-bond acceptors (Lipinski definition) is 8. The molecule has 2 rings (SSSR count). The fourth-order valence-electron chi connectivity index (χ4n) is 2.25. The first-order valence-electron chi connectivity index (χ1n) is 7.92. The molecule has 0 unspecified atom stereocenters. The minimum Gasteiger partial charge on any atom is -0.495 e. The zero-order chi connectivity index (χ0) is 21.7. The van der Waals surface area contributed by atoms with Crippen molar-refractivity contribution >= 4 is 40.5 Å². The summed E-state index contributed by atoms with van der Waals surface area (Å²) < 4.78 is 10.0. The van der Waals surface area contributed by atoms with Gasteiger partial charge in [-0.15, -0.1) is 0 Å². The molecule has 2 aromatic carbocycles. The van der Waals surface area contributed by atoms with Gasteiger partial charge in [-0.3, -0.25) is 25.0 Å². The predicted molar refractivity (Wildman–Crippen MR) is 101 cm³/mol. The van der Waals surface area contributed by atoms with Gasteiger partial charge in [-0.05, 0) is 25.1 Å². The molecule has 0 radical (unpaired) electrons. The van der Waals surface area contributed by atoms with Gasteiger partial charge in [-0.2, -0.15) is 0 Å². The second-order valence-corrected chi connectivity index (χ2v) is 6.03. The van der Waals surface area contributed by atoms with Gasteiger partial charge in [0.2, 0.25) is 0 Å². The second kappa shape index (κ2) is 8.97. The number of methoxy groups -OCH3 is 1. The van der Waals surface area contributed by atoms with Gasteiger partial charge >= 0.3 is 5.97 Å². The van der Waals surface area contributed by atoms with E-state index in [1.54, 1.807) is 0 Å². The summed E-state index contributed by atoms with van der Waals surface area (Å²) in [6.45, 7) is 1.23. The van der Waals surface area contributed by atoms with Crippen LogP contribution < -0.4 is 10.1 Å². The van der Waals surface area contributed by atoms with Gasteiger partial charge in [0.25, 0.3) is 17.3 Å². The van der Waals surface area contributed by atoms with Crippen LogP contribution in [0, 0.1) is 20.2 Å². The zero-order valence-corrected chi connectivity index (χ0v) is 15.8. The van der Waals surface area contributed by atoms with E-state index >= 15 is 0 Å². The first kappa shape index (κ1) is 21.6. The molecule has 0 saturated heterocycles. The molecule has 0 aliphatic heterocycles. The number of non-ortho nitro benzene ring substituents is 1. The number of carbonyl (C=O) groups is 2. The van der Waals surface area contributed by atoms with Crippen LogP contribution in [0.2, 0.25) is 5.02 Å². The molecule has 152 valence electrons. The Labute approximate surface area is 168 Å². The van der Waals surface area contributed by atoms with Crippen LogP contribution in [0.5, 0.6) is 5.75 Å². The van der Waals surface area contributed by atoms with Crippen LogP contribution in [0.4, 0.5) is 17.1 Å². The summed E-state index contributed by atoms with van der Waals surface area (Å²) in [4.78, 5) is 45.1. The Bertz CT molecular complexity index is 995. The molecule has 2 aromatic rings. The highest BCUT2D eigenvalue weighted by molar-refractivity contribution is 6.31. The monoisotopic (exact) mass is 423 g/mol.